The van der Waals surface area contributed by atoms with Crippen molar-refractivity contribution in [3.8, 4) is 0 Å². The molecule has 0 aromatic heterocycles. The molecule has 16 heavy (non-hydrogen) atoms. The summed E-state index contributed by atoms with van der Waals surface area (Å²) in [6, 6.07) is 2.34. The molecule has 0 aliphatic carbocycles. The molecule has 1 unspecified atom stereocenters. The molecule has 1 aromatic carbocycles. The fraction of sp³-hybridized carbons (Fsp3) is 0.455. The van der Waals surface area contributed by atoms with Gasteiger partial charge in [0, 0.05) is 6.04 Å². The van der Waals surface area contributed by atoms with Crippen molar-refractivity contribution in [1.82, 2.24) is 0 Å². The van der Waals surface area contributed by atoms with Crippen LogP contribution in [0.4, 0.5) is 17.6 Å². The zero-order valence-electron chi connectivity index (χ0n) is 8.98. The van der Waals surface area contributed by atoms with Crippen LogP contribution in [0.15, 0.2) is 18.2 Å². The van der Waals surface area contributed by atoms with Gasteiger partial charge >= 0.3 is 6.18 Å². The standard InChI is InChI=1S/C11H13F4N/c1-6(2)10(16)7-3-4-9(12)8(5-7)11(13,14)15/h3-6,10H,16H2,1-2H3. The number of rotatable bonds is 2. The summed E-state index contributed by atoms with van der Waals surface area (Å²) in [5, 5.41) is 0. The van der Waals surface area contributed by atoms with Gasteiger partial charge in [0.25, 0.3) is 0 Å². The summed E-state index contributed by atoms with van der Waals surface area (Å²) in [5.41, 5.74) is 4.74. The second kappa shape index (κ2) is 4.41. The summed E-state index contributed by atoms with van der Waals surface area (Å²) >= 11 is 0. The Bertz CT molecular complexity index is 371. The first-order valence-corrected chi connectivity index (χ1v) is 4.85. The van der Waals surface area contributed by atoms with Crippen LogP contribution in [0.2, 0.25) is 0 Å². The lowest BCUT2D eigenvalue weighted by atomic mass is 9.95. The summed E-state index contributed by atoms with van der Waals surface area (Å²) in [7, 11) is 0. The molecular weight excluding hydrogens is 222 g/mol. The average molecular weight is 235 g/mol. The smallest absolute Gasteiger partial charge is 0.324 e. The largest absolute Gasteiger partial charge is 0.419 e. The first-order valence-electron chi connectivity index (χ1n) is 4.85. The van der Waals surface area contributed by atoms with E-state index in [1.165, 1.54) is 6.07 Å². The third-order valence-electron chi connectivity index (χ3n) is 2.40. The Morgan fingerprint density at radius 2 is 1.75 bits per heavy atom. The number of hydrogen-bond acceptors (Lipinski definition) is 1. The summed E-state index contributed by atoms with van der Waals surface area (Å²) in [6.07, 6.45) is -4.68. The number of hydrogen-bond donors (Lipinski definition) is 1. The quantitative estimate of drug-likeness (QED) is 0.780. The zero-order valence-corrected chi connectivity index (χ0v) is 8.98. The monoisotopic (exact) mass is 235 g/mol. The predicted octanol–water partition coefficient (Wildman–Crippen LogP) is 3.50. The van der Waals surface area contributed by atoms with E-state index in [0.717, 1.165) is 12.1 Å². The molecule has 0 bridgehead atoms. The van der Waals surface area contributed by atoms with Gasteiger partial charge in [-0.2, -0.15) is 13.2 Å². The number of benzene rings is 1. The van der Waals surface area contributed by atoms with Gasteiger partial charge < -0.3 is 5.73 Å². The molecule has 0 fully saturated rings. The molecule has 0 saturated heterocycles. The topological polar surface area (TPSA) is 26.0 Å². The summed E-state index contributed by atoms with van der Waals surface area (Å²) < 4.78 is 50.2. The molecule has 1 rings (SSSR count). The van der Waals surface area contributed by atoms with E-state index < -0.39 is 23.6 Å². The lowest BCUT2D eigenvalue weighted by Crippen LogP contribution is -2.18. The Morgan fingerprint density at radius 3 is 2.19 bits per heavy atom. The van der Waals surface area contributed by atoms with E-state index in [0.29, 0.717) is 5.56 Å². The van der Waals surface area contributed by atoms with Gasteiger partial charge in [0.1, 0.15) is 5.82 Å². The van der Waals surface area contributed by atoms with Gasteiger partial charge in [-0.1, -0.05) is 19.9 Å². The molecule has 5 heteroatoms. The number of alkyl halides is 3. The van der Waals surface area contributed by atoms with Gasteiger partial charge in [-0.3, -0.25) is 0 Å². The fourth-order valence-electron chi connectivity index (χ4n) is 1.35. The fourth-order valence-corrected chi connectivity index (χ4v) is 1.35. The molecule has 0 aliphatic rings. The number of halogens is 4. The van der Waals surface area contributed by atoms with Crippen LogP contribution in [0.5, 0.6) is 0 Å². The van der Waals surface area contributed by atoms with Gasteiger partial charge in [0.15, 0.2) is 0 Å². The molecule has 0 aliphatic heterocycles. The van der Waals surface area contributed by atoms with Crippen molar-refractivity contribution >= 4 is 0 Å². The van der Waals surface area contributed by atoms with Crippen LogP contribution >= 0.6 is 0 Å². The van der Waals surface area contributed by atoms with Crippen LogP contribution in [-0.4, -0.2) is 0 Å². The van der Waals surface area contributed by atoms with Gasteiger partial charge in [-0.25, -0.2) is 4.39 Å². The van der Waals surface area contributed by atoms with E-state index in [9.17, 15) is 17.6 Å². The first-order chi connectivity index (χ1) is 7.23. The molecule has 1 nitrogen and oxygen atoms in total. The lowest BCUT2D eigenvalue weighted by molar-refractivity contribution is -0.140. The Morgan fingerprint density at radius 1 is 1.19 bits per heavy atom. The van der Waals surface area contributed by atoms with Crippen LogP contribution in [-0.2, 0) is 6.18 Å². The highest BCUT2D eigenvalue weighted by molar-refractivity contribution is 5.29. The van der Waals surface area contributed by atoms with Crippen LogP contribution < -0.4 is 5.73 Å². The van der Waals surface area contributed by atoms with Crippen molar-refractivity contribution in [1.29, 1.82) is 0 Å². The second-order valence-corrected chi connectivity index (χ2v) is 4.01. The maximum absolute atomic E-state index is 13.0. The summed E-state index contributed by atoms with van der Waals surface area (Å²) in [4.78, 5) is 0. The molecule has 1 atom stereocenters. The van der Waals surface area contributed by atoms with Crippen molar-refractivity contribution in [2.24, 2.45) is 11.7 Å². The van der Waals surface area contributed by atoms with Crippen LogP contribution in [0.3, 0.4) is 0 Å². The highest BCUT2D eigenvalue weighted by atomic mass is 19.4. The van der Waals surface area contributed by atoms with Crippen molar-refractivity contribution in [2.75, 3.05) is 0 Å². The van der Waals surface area contributed by atoms with Crippen LogP contribution in [0.25, 0.3) is 0 Å². The Balaban J connectivity index is 3.18. The lowest BCUT2D eigenvalue weighted by Gasteiger charge is -2.18. The molecule has 2 N–H and O–H groups in total. The molecule has 0 saturated carbocycles. The van der Waals surface area contributed by atoms with E-state index in [1.54, 1.807) is 13.8 Å². The van der Waals surface area contributed by atoms with Gasteiger partial charge in [-0.15, -0.1) is 0 Å². The van der Waals surface area contributed by atoms with Crippen molar-refractivity contribution in [3.05, 3.63) is 35.1 Å². The SMILES string of the molecule is CC(C)C(N)c1ccc(F)c(C(F)(F)F)c1. The minimum Gasteiger partial charge on any atom is -0.324 e. The molecule has 0 radical (unpaired) electrons. The van der Waals surface area contributed by atoms with Crippen molar-refractivity contribution < 1.29 is 17.6 Å². The Kier molecular flexibility index (Phi) is 3.57. The summed E-state index contributed by atoms with van der Waals surface area (Å²) in [6.45, 7) is 3.59. The minimum absolute atomic E-state index is 0.00783. The third kappa shape index (κ3) is 2.72. The third-order valence-corrected chi connectivity index (χ3v) is 2.40. The van der Waals surface area contributed by atoms with E-state index in [-0.39, 0.29) is 5.92 Å². The van der Waals surface area contributed by atoms with Crippen LogP contribution in [0.1, 0.15) is 31.0 Å². The maximum Gasteiger partial charge on any atom is 0.419 e. The van der Waals surface area contributed by atoms with Gasteiger partial charge in [-0.05, 0) is 23.6 Å². The Hall–Kier alpha value is -1.10. The van der Waals surface area contributed by atoms with E-state index in [4.69, 9.17) is 5.73 Å². The molecule has 90 valence electrons. The van der Waals surface area contributed by atoms with Crippen LogP contribution in [0, 0.1) is 11.7 Å². The van der Waals surface area contributed by atoms with Crippen molar-refractivity contribution in [3.63, 3.8) is 0 Å². The zero-order chi connectivity index (χ0) is 12.5. The van der Waals surface area contributed by atoms with E-state index in [1.807, 2.05) is 0 Å². The van der Waals surface area contributed by atoms with E-state index in [2.05, 4.69) is 0 Å². The molecule has 0 amide bonds. The Labute approximate surface area is 91.3 Å². The molecule has 0 heterocycles. The molecule has 0 spiro atoms. The van der Waals surface area contributed by atoms with Gasteiger partial charge in [0.2, 0.25) is 0 Å². The molecular formula is C11H13F4N. The van der Waals surface area contributed by atoms with Crippen molar-refractivity contribution in [2.45, 2.75) is 26.1 Å². The highest BCUT2D eigenvalue weighted by Gasteiger charge is 2.34. The predicted molar refractivity (Wildman–Crippen MR) is 53.2 cm³/mol. The highest BCUT2D eigenvalue weighted by Crippen LogP contribution is 2.33. The summed E-state index contributed by atoms with van der Waals surface area (Å²) in [5.74, 6) is -1.28. The maximum atomic E-state index is 13.0. The average Bonchev–Trinajstić information content (AvgIpc) is 2.15. The second-order valence-electron chi connectivity index (χ2n) is 4.01. The van der Waals surface area contributed by atoms with Gasteiger partial charge in [0.05, 0.1) is 5.56 Å². The normalized spacial score (nSPS) is 14.2. The van der Waals surface area contributed by atoms with E-state index >= 15 is 0 Å². The molecule has 1 aromatic rings. The minimum atomic E-state index is -4.68. The number of nitrogens with two attached hydrogens (primary N) is 1. The first kappa shape index (κ1) is 13.0.